The molecule has 1 unspecified atom stereocenters. The van der Waals surface area contributed by atoms with Gasteiger partial charge < -0.3 is 4.90 Å². The number of sulfone groups is 1. The van der Waals surface area contributed by atoms with Gasteiger partial charge in [-0.1, -0.05) is 12.1 Å². The molecule has 24 heavy (non-hydrogen) atoms. The van der Waals surface area contributed by atoms with Gasteiger partial charge in [-0.05, 0) is 31.4 Å². The van der Waals surface area contributed by atoms with E-state index in [0.717, 1.165) is 12.8 Å². The smallest absolute Gasteiger partial charge is 0.276 e. The third-order valence-corrected chi connectivity index (χ3v) is 6.09. The van der Waals surface area contributed by atoms with Gasteiger partial charge in [0.25, 0.3) is 5.69 Å². The monoisotopic (exact) mass is 350 g/mol. The third-order valence-electron chi connectivity index (χ3n) is 4.34. The summed E-state index contributed by atoms with van der Waals surface area (Å²) in [6, 6.07) is 5.99. The second-order valence-corrected chi connectivity index (χ2v) is 8.41. The number of amides is 1. The first-order chi connectivity index (χ1) is 11.4. The molecule has 0 spiro atoms. The molecule has 1 aromatic rings. The first kappa shape index (κ1) is 16.6. The molecule has 1 amide bonds. The topological polar surface area (TPSA) is 97.6 Å². The Morgan fingerprint density at radius 2 is 1.92 bits per heavy atom. The molecule has 7 nitrogen and oxygen atoms in total. The molecule has 0 radical (unpaired) electrons. The highest BCUT2D eigenvalue weighted by Gasteiger charge is 2.41. The summed E-state index contributed by atoms with van der Waals surface area (Å²) in [5, 5.41) is 11.0. The molecule has 1 aromatic carbocycles. The number of hydrogen-bond donors (Lipinski definition) is 0. The molecular weight excluding hydrogens is 332 g/mol. The Bertz CT molecular complexity index is 798. The van der Waals surface area contributed by atoms with Crippen molar-refractivity contribution in [3.05, 3.63) is 46.0 Å². The van der Waals surface area contributed by atoms with Crippen LogP contribution in [-0.2, 0) is 14.6 Å². The highest BCUT2D eigenvalue weighted by atomic mass is 32.2. The van der Waals surface area contributed by atoms with Gasteiger partial charge in [-0.15, -0.1) is 0 Å². The molecule has 8 heteroatoms. The maximum atomic E-state index is 12.6. The lowest BCUT2D eigenvalue weighted by atomic mass is 10.1. The zero-order valence-corrected chi connectivity index (χ0v) is 13.8. The predicted molar refractivity (Wildman–Crippen MR) is 89.1 cm³/mol. The molecule has 0 N–H and O–H groups in total. The fourth-order valence-corrected chi connectivity index (χ4v) is 4.76. The van der Waals surface area contributed by atoms with E-state index in [2.05, 4.69) is 0 Å². The van der Waals surface area contributed by atoms with Gasteiger partial charge in [-0.2, -0.15) is 0 Å². The minimum Gasteiger partial charge on any atom is -0.332 e. The number of nitro benzene ring substituents is 1. The minimum absolute atomic E-state index is 0.00850. The maximum Gasteiger partial charge on any atom is 0.276 e. The summed E-state index contributed by atoms with van der Waals surface area (Å²) in [6.45, 7) is 0. The number of carbonyl (C=O) groups is 1. The molecule has 2 aliphatic rings. The van der Waals surface area contributed by atoms with E-state index in [4.69, 9.17) is 0 Å². The number of rotatable bonds is 5. The van der Waals surface area contributed by atoms with Gasteiger partial charge in [0.1, 0.15) is 0 Å². The summed E-state index contributed by atoms with van der Waals surface area (Å²) in [4.78, 5) is 24.7. The molecule has 1 saturated carbocycles. The Balaban J connectivity index is 1.79. The molecule has 1 atom stereocenters. The number of carbonyl (C=O) groups excluding carboxylic acids is 1. The van der Waals surface area contributed by atoms with Gasteiger partial charge >= 0.3 is 0 Å². The van der Waals surface area contributed by atoms with Crippen LogP contribution in [0.5, 0.6) is 0 Å². The Hall–Kier alpha value is -2.22. The summed E-state index contributed by atoms with van der Waals surface area (Å²) in [6.07, 6.45) is 4.96. The summed E-state index contributed by atoms with van der Waals surface area (Å²) in [5.41, 5.74) is 0.286. The Morgan fingerprint density at radius 3 is 2.50 bits per heavy atom. The Morgan fingerprint density at radius 1 is 1.21 bits per heavy atom. The molecular formula is C16H18N2O5S. The van der Waals surface area contributed by atoms with Crippen LogP contribution in [0.1, 0.15) is 24.8 Å². The molecule has 1 aliphatic carbocycles. The van der Waals surface area contributed by atoms with E-state index in [0.29, 0.717) is 12.0 Å². The van der Waals surface area contributed by atoms with Crippen molar-refractivity contribution in [2.75, 3.05) is 11.5 Å². The van der Waals surface area contributed by atoms with Gasteiger partial charge in [0, 0.05) is 24.2 Å². The molecule has 3 rings (SSSR count). The number of nitrogens with zero attached hydrogens (tertiary/aromatic N) is 2. The molecule has 1 aliphatic heterocycles. The van der Waals surface area contributed by atoms with Crippen LogP contribution in [0.15, 0.2) is 30.3 Å². The van der Waals surface area contributed by atoms with E-state index >= 15 is 0 Å². The van der Waals surface area contributed by atoms with Crippen molar-refractivity contribution in [3.8, 4) is 0 Å². The largest absolute Gasteiger partial charge is 0.332 e. The number of para-hydroxylation sites is 1. The zero-order valence-electron chi connectivity index (χ0n) is 13.0. The molecule has 1 heterocycles. The fraction of sp³-hybridized carbons (Fsp3) is 0.438. The highest BCUT2D eigenvalue weighted by Crippen LogP contribution is 2.32. The highest BCUT2D eigenvalue weighted by molar-refractivity contribution is 7.91. The lowest BCUT2D eigenvalue weighted by Crippen LogP contribution is -2.41. The van der Waals surface area contributed by atoms with Crippen molar-refractivity contribution in [1.82, 2.24) is 4.90 Å². The molecule has 128 valence electrons. The van der Waals surface area contributed by atoms with Crippen LogP contribution in [0.2, 0.25) is 0 Å². The molecule has 0 bridgehead atoms. The molecule has 1 saturated heterocycles. The molecule has 2 fully saturated rings. The maximum absolute atomic E-state index is 12.6. The van der Waals surface area contributed by atoms with Crippen molar-refractivity contribution >= 4 is 27.5 Å². The average molecular weight is 350 g/mol. The van der Waals surface area contributed by atoms with Gasteiger partial charge in [-0.25, -0.2) is 8.42 Å². The van der Waals surface area contributed by atoms with Crippen LogP contribution >= 0.6 is 0 Å². The zero-order chi connectivity index (χ0) is 17.3. The van der Waals surface area contributed by atoms with Crippen molar-refractivity contribution in [2.24, 2.45) is 0 Å². The summed E-state index contributed by atoms with van der Waals surface area (Å²) < 4.78 is 23.4. The average Bonchev–Trinajstić information content (AvgIpc) is 3.29. The second-order valence-electron chi connectivity index (χ2n) is 6.18. The van der Waals surface area contributed by atoms with Crippen LogP contribution in [-0.4, -0.2) is 47.7 Å². The van der Waals surface area contributed by atoms with Gasteiger partial charge in [0.15, 0.2) is 9.84 Å². The van der Waals surface area contributed by atoms with Crippen molar-refractivity contribution in [2.45, 2.75) is 31.3 Å². The van der Waals surface area contributed by atoms with Gasteiger partial charge in [-0.3, -0.25) is 14.9 Å². The van der Waals surface area contributed by atoms with E-state index in [-0.39, 0.29) is 35.2 Å². The van der Waals surface area contributed by atoms with E-state index in [1.807, 2.05) is 0 Å². The number of nitro groups is 1. The van der Waals surface area contributed by atoms with E-state index < -0.39 is 14.8 Å². The summed E-state index contributed by atoms with van der Waals surface area (Å²) >= 11 is 0. The van der Waals surface area contributed by atoms with E-state index in [1.54, 1.807) is 23.1 Å². The quantitative estimate of drug-likeness (QED) is 0.458. The second kappa shape index (κ2) is 6.35. The van der Waals surface area contributed by atoms with E-state index in [1.165, 1.54) is 18.2 Å². The van der Waals surface area contributed by atoms with Crippen molar-refractivity contribution in [1.29, 1.82) is 0 Å². The lowest BCUT2D eigenvalue weighted by molar-refractivity contribution is -0.385. The standard InChI is InChI=1S/C16H18N2O5S/c19-16(8-5-12-3-1-2-4-15(12)18(20)21)17(13-6-7-13)14-9-10-24(22,23)11-14/h1-5,8,13-14H,6-7,9-11H2/b8-5+. The number of hydrogen-bond acceptors (Lipinski definition) is 5. The van der Waals surface area contributed by atoms with Crippen LogP contribution in [0.3, 0.4) is 0 Å². The third kappa shape index (κ3) is 3.64. The van der Waals surface area contributed by atoms with Gasteiger partial charge in [0.05, 0.1) is 22.0 Å². The SMILES string of the molecule is O=C(/C=C/c1ccccc1[N+](=O)[O-])N(C1CC1)C1CCS(=O)(=O)C1. The Kier molecular flexibility index (Phi) is 4.40. The predicted octanol–water partition coefficient (Wildman–Crippen LogP) is 1.79. The van der Waals surface area contributed by atoms with Crippen LogP contribution in [0.4, 0.5) is 5.69 Å². The van der Waals surface area contributed by atoms with Gasteiger partial charge in [0.2, 0.25) is 5.91 Å². The van der Waals surface area contributed by atoms with Crippen LogP contribution in [0.25, 0.3) is 6.08 Å². The van der Waals surface area contributed by atoms with Crippen LogP contribution < -0.4 is 0 Å². The molecule has 0 aromatic heterocycles. The summed E-state index contributed by atoms with van der Waals surface area (Å²) in [7, 11) is -3.07. The first-order valence-electron chi connectivity index (χ1n) is 7.81. The fourth-order valence-electron chi connectivity index (χ4n) is 3.05. The minimum atomic E-state index is -3.07. The number of benzene rings is 1. The Labute approximate surface area is 140 Å². The first-order valence-corrected chi connectivity index (χ1v) is 9.64. The lowest BCUT2D eigenvalue weighted by Gasteiger charge is -2.27. The van der Waals surface area contributed by atoms with E-state index in [9.17, 15) is 23.3 Å². The normalized spacial score (nSPS) is 22.6. The summed E-state index contributed by atoms with van der Waals surface area (Å²) in [5.74, 6) is -0.158. The van der Waals surface area contributed by atoms with Crippen molar-refractivity contribution < 1.29 is 18.1 Å². The van der Waals surface area contributed by atoms with Crippen LogP contribution in [0, 0.1) is 10.1 Å². The van der Waals surface area contributed by atoms with Crippen molar-refractivity contribution in [3.63, 3.8) is 0 Å².